The highest BCUT2D eigenvalue weighted by molar-refractivity contribution is 5.39. The van der Waals surface area contributed by atoms with Gasteiger partial charge in [0.25, 0.3) is 0 Å². The molecule has 0 spiro atoms. The van der Waals surface area contributed by atoms with Crippen LogP contribution < -0.4 is 4.74 Å². The van der Waals surface area contributed by atoms with Crippen LogP contribution in [0, 0.1) is 0 Å². The van der Waals surface area contributed by atoms with Crippen molar-refractivity contribution in [3.05, 3.63) is 29.3 Å². The Balaban J connectivity index is 2.27. The van der Waals surface area contributed by atoms with Crippen molar-refractivity contribution in [2.75, 3.05) is 6.61 Å². The fourth-order valence-corrected chi connectivity index (χ4v) is 1.97. The van der Waals surface area contributed by atoms with E-state index in [-0.39, 0.29) is 12.2 Å². The molecule has 2 rings (SSSR count). The van der Waals surface area contributed by atoms with Crippen molar-refractivity contribution in [3.8, 4) is 5.75 Å². The molecule has 0 fully saturated rings. The summed E-state index contributed by atoms with van der Waals surface area (Å²) in [5, 5.41) is 8.89. The number of aryl methyl sites for hydroxylation is 1. The topological polar surface area (TPSA) is 29.5 Å². The normalized spacial score (nSPS) is 18.1. The first-order valence-corrected chi connectivity index (χ1v) is 5.52. The van der Waals surface area contributed by atoms with E-state index >= 15 is 0 Å². The lowest BCUT2D eigenvalue weighted by Gasteiger charge is -2.32. The Hall–Kier alpha value is -1.02. The molecule has 1 aliphatic rings. The summed E-state index contributed by atoms with van der Waals surface area (Å²) in [7, 11) is 0. The fourth-order valence-electron chi connectivity index (χ4n) is 1.97. The lowest BCUT2D eigenvalue weighted by Crippen LogP contribution is -2.32. The van der Waals surface area contributed by atoms with Gasteiger partial charge in [0.05, 0.1) is 0 Å². The monoisotopic (exact) mass is 206 g/mol. The van der Waals surface area contributed by atoms with Crippen molar-refractivity contribution in [3.63, 3.8) is 0 Å². The van der Waals surface area contributed by atoms with E-state index in [9.17, 15) is 0 Å². The van der Waals surface area contributed by atoms with Gasteiger partial charge in [-0.1, -0.05) is 12.1 Å². The maximum Gasteiger partial charge on any atom is 0.123 e. The van der Waals surface area contributed by atoms with Gasteiger partial charge in [0.2, 0.25) is 0 Å². The number of fused-ring (bicyclic) bond motifs is 1. The van der Waals surface area contributed by atoms with Crippen molar-refractivity contribution in [2.45, 2.75) is 38.7 Å². The van der Waals surface area contributed by atoms with Gasteiger partial charge in [0.15, 0.2) is 0 Å². The molecular weight excluding hydrogens is 188 g/mol. The second-order valence-corrected chi connectivity index (χ2v) is 4.78. The standard InChI is InChI=1S/C13H18O2/c1-13(2)7-5-11-4-3-10(6-8-14)9-12(11)15-13/h3-4,9,14H,5-8H2,1-2H3. The number of ether oxygens (including phenoxy) is 1. The summed E-state index contributed by atoms with van der Waals surface area (Å²) in [6, 6.07) is 6.26. The second-order valence-electron chi connectivity index (χ2n) is 4.78. The smallest absolute Gasteiger partial charge is 0.123 e. The number of hydrogen-bond acceptors (Lipinski definition) is 2. The first kappa shape index (κ1) is 10.5. The predicted molar refractivity (Wildman–Crippen MR) is 60.3 cm³/mol. The molecular formula is C13H18O2. The van der Waals surface area contributed by atoms with Crippen LogP contribution >= 0.6 is 0 Å². The zero-order valence-corrected chi connectivity index (χ0v) is 9.42. The molecule has 0 saturated carbocycles. The van der Waals surface area contributed by atoms with Crippen LogP contribution in [0.4, 0.5) is 0 Å². The zero-order chi connectivity index (χ0) is 10.9. The molecule has 0 aliphatic carbocycles. The number of rotatable bonds is 2. The quantitative estimate of drug-likeness (QED) is 0.804. The third kappa shape index (κ3) is 2.32. The highest BCUT2D eigenvalue weighted by Crippen LogP contribution is 2.33. The molecule has 0 atom stereocenters. The second kappa shape index (κ2) is 3.86. The van der Waals surface area contributed by atoms with Gasteiger partial charge in [-0.15, -0.1) is 0 Å². The minimum absolute atomic E-state index is 0.0508. The fraction of sp³-hybridized carbons (Fsp3) is 0.538. The van der Waals surface area contributed by atoms with Gasteiger partial charge in [-0.2, -0.15) is 0 Å². The summed E-state index contributed by atoms with van der Waals surface area (Å²) in [5.74, 6) is 0.997. The Morgan fingerprint density at radius 2 is 2.20 bits per heavy atom. The van der Waals surface area contributed by atoms with Crippen LogP contribution in [-0.4, -0.2) is 17.3 Å². The summed E-state index contributed by atoms with van der Waals surface area (Å²) in [6.07, 6.45) is 2.86. The molecule has 1 heterocycles. The third-order valence-corrected chi connectivity index (χ3v) is 2.91. The lowest BCUT2D eigenvalue weighted by molar-refractivity contribution is 0.0846. The van der Waals surface area contributed by atoms with E-state index in [1.165, 1.54) is 5.56 Å². The van der Waals surface area contributed by atoms with Gasteiger partial charge in [-0.3, -0.25) is 0 Å². The van der Waals surface area contributed by atoms with Gasteiger partial charge in [0, 0.05) is 6.61 Å². The minimum Gasteiger partial charge on any atom is -0.488 e. The van der Waals surface area contributed by atoms with Crippen molar-refractivity contribution >= 4 is 0 Å². The molecule has 0 radical (unpaired) electrons. The van der Waals surface area contributed by atoms with Crippen molar-refractivity contribution in [1.29, 1.82) is 0 Å². The van der Waals surface area contributed by atoms with E-state index < -0.39 is 0 Å². The Bertz CT molecular complexity index is 356. The van der Waals surface area contributed by atoms with Gasteiger partial charge in [0.1, 0.15) is 11.4 Å². The number of aliphatic hydroxyl groups is 1. The van der Waals surface area contributed by atoms with E-state index in [1.54, 1.807) is 0 Å². The summed E-state index contributed by atoms with van der Waals surface area (Å²) in [6.45, 7) is 4.44. The first-order chi connectivity index (χ1) is 7.11. The summed E-state index contributed by atoms with van der Waals surface area (Å²) in [4.78, 5) is 0. The lowest BCUT2D eigenvalue weighted by atomic mass is 9.93. The molecule has 0 saturated heterocycles. The first-order valence-electron chi connectivity index (χ1n) is 5.52. The number of aliphatic hydroxyl groups excluding tert-OH is 1. The summed E-state index contributed by atoms with van der Waals surface area (Å²) in [5.41, 5.74) is 2.38. The van der Waals surface area contributed by atoms with Crippen LogP contribution in [0.25, 0.3) is 0 Å². The van der Waals surface area contributed by atoms with Crippen LogP contribution in [-0.2, 0) is 12.8 Å². The van der Waals surface area contributed by atoms with Gasteiger partial charge in [-0.25, -0.2) is 0 Å². The molecule has 0 unspecified atom stereocenters. The average molecular weight is 206 g/mol. The molecule has 15 heavy (non-hydrogen) atoms. The molecule has 1 aromatic carbocycles. The van der Waals surface area contributed by atoms with E-state index in [2.05, 4.69) is 32.0 Å². The molecule has 0 amide bonds. The molecule has 1 aliphatic heterocycles. The van der Waals surface area contributed by atoms with E-state index in [0.29, 0.717) is 6.42 Å². The maximum absolute atomic E-state index is 8.89. The van der Waals surface area contributed by atoms with Crippen LogP contribution in [0.5, 0.6) is 5.75 Å². The average Bonchev–Trinajstić information content (AvgIpc) is 2.16. The highest BCUT2D eigenvalue weighted by Gasteiger charge is 2.26. The largest absolute Gasteiger partial charge is 0.488 e. The Kier molecular flexibility index (Phi) is 2.70. The van der Waals surface area contributed by atoms with Gasteiger partial charge in [-0.05, 0) is 50.3 Å². The third-order valence-electron chi connectivity index (χ3n) is 2.91. The molecule has 2 nitrogen and oxygen atoms in total. The van der Waals surface area contributed by atoms with E-state index in [4.69, 9.17) is 9.84 Å². The van der Waals surface area contributed by atoms with E-state index in [0.717, 1.165) is 24.2 Å². The minimum atomic E-state index is -0.0508. The van der Waals surface area contributed by atoms with Gasteiger partial charge < -0.3 is 9.84 Å². The Morgan fingerprint density at radius 3 is 2.93 bits per heavy atom. The predicted octanol–water partition coefficient (Wildman–Crippen LogP) is 2.33. The van der Waals surface area contributed by atoms with E-state index in [1.807, 2.05) is 0 Å². The van der Waals surface area contributed by atoms with Crippen LogP contribution in [0.3, 0.4) is 0 Å². The SMILES string of the molecule is CC1(C)CCc2ccc(CCO)cc2O1. The summed E-state index contributed by atoms with van der Waals surface area (Å²) >= 11 is 0. The van der Waals surface area contributed by atoms with Crippen molar-refractivity contribution < 1.29 is 9.84 Å². The highest BCUT2D eigenvalue weighted by atomic mass is 16.5. The van der Waals surface area contributed by atoms with Crippen LogP contribution in [0.1, 0.15) is 31.4 Å². The maximum atomic E-state index is 8.89. The Morgan fingerprint density at radius 1 is 1.40 bits per heavy atom. The molecule has 0 aromatic heterocycles. The van der Waals surface area contributed by atoms with Crippen molar-refractivity contribution in [2.24, 2.45) is 0 Å². The molecule has 82 valence electrons. The number of hydrogen-bond donors (Lipinski definition) is 1. The summed E-state index contributed by atoms with van der Waals surface area (Å²) < 4.78 is 5.92. The van der Waals surface area contributed by atoms with Crippen LogP contribution in [0.15, 0.2) is 18.2 Å². The number of benzene rings is 1. The van der Waals surface area contributed by atoms with Gasteiger partial charge >= 0.3 is 0 Å². The van der Waals surface area contributed by atoms with Crippen LogP contribution in [0.2, 0.25) is 0 Å². The molecule has 2 heteroatoms. The zero-order valence-electron chi connectivity index (χ0n) is 9.42. The molecule has 1 aromatic rings. The molecule has 0 bridgehead atoms. The van der Waals surface area contributed by atoms with Crippen molar-refractivity contribution in [1.82, 2.24) is 0 Å². The molecule has 1 N–H and O–H groups in total. The Labute approximate surface area is 90.9 Å².